The maximum atomic E-state index is 11.8. The zero-order valence-electron chi connectivity index (χ0n) is 9.72. The van der Waals surface area contributed by atoms with E-state index in [9.17, 15) is 8.42 Å². The van der Waals surface area contributed by atoms with E-state index < -0.39 is 16.2 Å². The summed E-state index contributed by atoms with van der Waals surface area (Å²) in [5.74, 6) is 0.180. The molecule has 0 saturated heterocycles. The maximum absolute atomic E-state index is 11.8. The van der Waals surface area contributed by atoms with Gasteiger partial charge in [-0.2, -0.15) is 8.42 Å². The molecule has 0 bridgehead atoms. The number of hydrogen-bond donors (Lipinski definition) is 0. The normalized spacial score (nSPS) is 13.6. The Kier molecular flexibility index (Phi) is 5.39. The number of alkyl halides is 1. The molecule has 1 aromatic carbocycles. The molecule has 0 saturated carbocycles. The van der Waals surface area contributed by atoms with Crippen LogP contribution in [0.25, 0.3) is 0 Å². The minimum atomic E-state index is -3.73. The summed E-state index contributed by atoms with van der Waals surface area (Å²) in [6, 6.07) is 6.44. The summed E-state index contributed by atoms with van der Waals surface area (Å²) < 4.78 is 33.3. The van der Waals surface area contributed by atoms with Crippen molar-refractivity contribution < 1.29 is 17.3 Å². The standard InChI is InChI=1S/C11H15ClO4S/c1-9-3-5-11(6-4-9)17(13,14)16-8-10(7-12)15-2/h3-6,10H,7-8H2,1-2H3/t10-/m0/s1. The van der Waals surface area contributed by atoms with Crippen molar-refractivity contribution in [2.45, 2.75) is 17.9 Å². The van der Waals surface area contributed by atoms with Crippen LogP contribution in [0.3, 0.4) is 0 Å². The molecule has 0 heterocycles. The Balaban J connectivity index is 2.72. The van der Waals surface area contributed by atoms with Crippen molar-refractivity contribution in [3.8, 4) is 0 Å². The highest BCUT2D eigenvalue weighted by Gasteiger charge is 2.17. The quantitative estimate of drug-likeness (QED) is 0.590. The van der Waals surface area contributed by atoms with E-state index in [2.05, 4.69) is 0 Å². The Hall–Kier alpha value is -0.620. The molecule has 96 valence electrons. The van der Waals surface area contributed by atoms with E-state index in [4.69, 9.17) is 20.5 Å². The highest BCUT2D eigenvalue weighted by molar-refractivity contribution is 7.86. The van der Waals surface area contributed by atoms with E-state index in [1.165, 1.54) is 19.2 Å². The molecule has 0 N–H and O–H groups in total. The number of ether oxygens (including phenoxy) is 1. The minimum Gasteiger partial charge on any atom is -0.378 e. The third kappa shape index (κ3) is 4.27. The van der Waals surface area contributed by atoms with Gasteiger partial charge in [0.1, 0.15) is 0 Å². The zero-order valence-corrected chi connectivity index (χ0v) is 11.3. The predicted octanol–water partition coefficient (Wildman–Crippen LogP) is 1.95. The third-order valence-electron chi connectivity index (χ3n) is 2.22. The second-order valence-corrected chi connectivity index (χ2v) is 5.49. The van der Waals surface area contributed by atoms with Crippen molar-refractivity contribution in [1.82, 2.24) is 0 Å². The molecule has 1 aromatic rings. The number of methoxy groups -OCH3 is 1. The largest absolute Gasteiger partial charge is 0.378 e. The Labute approximate surface area is 107 Å². The lowest BCUT2D eigenvalue weighted by Gasteiger charge is -2.12. The van der Waals surface area contributed by atoms with Gasteiger partial charge >= 0.3 is 0 Å². The van der Waals surface area contributed by atoms with Crippen LogP contribution in [-0.2, 0) is 19.0 Å². The van der Waals surface area contributed by atoms with Gasteiger partial charge in [0.25, 0.3) is 10.1 Å². The molecule has 0 radical (unpaired) electrons. The molecule has 1 atom stereocenters. The summed E-state index contributed by atoms with van der Waals surface area (Å²) in [6.07, 6.45) is -0.433. The van der Waals surface area contributed by atoms with Gasteiger partial charge in [0.2, 0.25) is 0 Å². The first-order valence-electron chi connectivity index (χ1n) is 5.04. The molecule has 0 aliphatic carbocycles. The number of benzene rings is 1. The van der Waals surface area contributed by atoms with Crippen molar-refractivity contribution in [2.75, 3.05) is 19.6 Å². The Morgan fingerprint density at radius 3 is 2.35 bits per heavy atom. The summed E-state index contributed by atoms with van der Waals surface area (Å²) in [6.45, 7) is 1.79. The van der Waals surface area contributed by atoms with Crippen molar-refractivity contribution in [3.63, 3.8) is 0 Å². The summed E-state index contributed by atoms with van der Waals surface area (Å²) in [5.41, 5.74) is 0.986. The minimum absolute atomic E-state index is 0.0871. The summed E-state index contributed by atoms with van der Waals surface area (Å²) in [4.78, 5) is 0.132. The molecule has 4 nitrogen and oxygen atoms in total. The van der Waals surface area contributed by atoms with Crippen LogP contribution in [0.2, 0.25) is 0 Å². The van der Waals surface area contributed by atoms with E-state index in [0.29, 0.717) is 0 Å². The molecular weight excluding hydrogens is 264 g/mol. The van der Waals surface area contributed by atoms with Gasteiger partial charge in [0.15, 0.2) is 0 Å². The van der Waals surface area contributed by atoms with E-state index in [0.717, 1.165) is 5.56 Å². The van der Waals surface area contributed by atoms with Crippen LogP contribution in [-0.4, -0.2) is 34.1 Å². The molecule has 0 fully saturated rings. The molecule has 0 spiro atoms. The van der Waals surface area contributed by atoms with Crippen LogP contribution in [0.15, 0.2) is 29.2 Å². The average molecular weight is 279 g/mol. The van der Waals surface area contributed by atoms with Crippen LogP contribution >= 0.6 is 11.6 Å². The van der Waals surface area contributed by atoms with Gasteiger partial charge in [-0.25, -0.2) is 0 Å². The Morgan fingerprint density at radius 1 is 1.29 bits per heavy atom. The molecule has 1 rings (SSSR count). The summed E-state index contributed by atoms with van der Waals surface area (Å²) in [5, 5.41) is 0. The Bertz CT molecular complexity index is 437. The average Bonchev–Trinajstić information content (AvgIpc) is 2.31. The molecule has 0 aliphatic heterocycles. The van der Waals surface area contributed by atoms with Gasteiger partial charge < -0.3 is 4.74 Å². The smallest absolute Gasteiger partial charge is 0.297 e. The molecule has 17 heavy (non-hydrogen) atoms. The lowest BCUT2D eigenvalue weighted by molar-refractivity contribution is 0.0764. The monoisotopic (exact) mass is 278 g/mol. The lowest BCUT2D eigenvalue weighted by atomic mass is 10.2. The molecule has 0 aromatic heterocycles. The van der Waals surface area contributed by atoms with Gasteiger partial charge in [-0.05, 0) is 19.1 Å². The predicted molar refractivity (Wildman–Crippen MR) is 65.8 cm³/mol. The number of halogens is 1. The molecular formula is C11H15ClO4S. The number of hydrogen-bond acceptors (Lipinski definition) is 4. The second kappa shape index (κ2) is 6.35. The van der Waals surface area contributed by atoms with Gasteiger partial charge in [0.05, 0.1) is 23.5 Å². The van der Waals surface area contributed by atoms with Crippen LogP contribution in [0.1, 0.15) is 5.56 Å². The fourth-order valence-corrected chi connectivity index (χ4v) is 2.27. The lowest BCUT2D eigenvalue weighted by Crippen LogP contribution is -2.22. The Morgan fingerprint density at radius 2 is 1.88 bits per heavy atom. The second-order valence-electron chi connectivity index (χ2n) is 3.56. The fourth-order valence-electron chi connectivity index (χ4n) is 1.11. The van der Waals surface area contributed by atoms with Crippen LogP contribution in [0, 0.1) is 6.92 Å². The highest BCUT2D eigenvalue weighted by Crippen LogP contribution is 2.13. The van der Waals surface area contributed by atoms with Crippen molar-refractivity contribution >= 4 is 21.7 Å². The fraction of sp³-hybridized carbons (Fsp3) is 0.455. The molecule has 0 amide bonds. The summed E-state index contributed by atoms with van der Waals surface area (Å²) in [7, 11) is -2.28. The first kappa shape index (κ1) is 14.4. The van der Waals surface area contributed by atoms with Crippen LogP contribution in [0.5, 0.6) is 0 Å². The van der Waals surface area contributed by atoms with E-state index in [-0.39, 0.29) is 17.4 Å². The van der Waals surface area contributed by atoms with E-state index in [1.54, 1.807) is 12.1 Å². The molecule has 0 aliphatic rings. The maximum Gasteiger partial charge on any atom is 0.297 e. The van der Waals surface area contributed by atoms with Crippen molar-refractivity contribution in [1.29, 1.82) is 0 Å². The van der Waals surface area contributed by atoms with Crippen LogP contribution in [0.4, 0.5) is 0 Å². The first-order chi connectivity index (χ1) is 7.99. The van der Waals surface area contributed by atoms with Gasteiger partial charge in [-0.1, -0.05) is 17.7 Å². The molecule has 6 heteroatoms. The first-order valence-corrected chi connectivity index (χ1v) is 6.98. The van der Waals surface area contributed by atoms with Gasteiger partial charge in [0, 0.05) is 7.11 Å². The molecule has 0 unspecified atom stereocenters. The van der Waals surface area contributed by atoms with Crippen LogP contribution < -0.4 is 0 Å². The van der Waals surface area contributed by atoms with E-state index >= 15 is 0 Å². The third-order valence-corrected chi connectivity index (χ3v) is 3.86. The SMILES string of the molecule is CO[C@@H](CCl)COS(=O)(=O)c1ccc(C)cc1. The van der Waals surface area contributed by atoms with Crippen molar-refractivity contribution in [2.24, 2.45) is 0 Å². The van der Waals surface area contributed by atoms with Gasteiger partial charge in [-0.15, -0.1) is 11.6 Å². The van der Waals surface area contributed by atoms with Crippen molar-refractivity contribution in [3.05, 3.63) is 29.8 Å². The highest BCUT2D eigenvalue weighted by atomic mass is 35.5. The zero-order chi connectivity index (χ0) is 12.9. The van der Waals surface area contributed by atoms with Gasteiger partial charge in [-0.3, -0.25) is 4.18 Å². The topological polar surface area (TPSA) is 52.6 Å². The number of rotatable bonds is 6. The summed E-state index contributed by atoms with van der Waals surface area (Å²) >= 11 is 5.56. The number of aryl methyl sites for hydroxylation is 1. The van der Waals surface area contributed by atoms with E-state index in [1.807, 2.05) is 6.92 Å².